The van der Waals surface area contributed by atoms with Gasteiger partial charge in [0.15, 0.2) is 0 Å². The molecule has 3 heterocycles. The van der Waals surface area contributed by atoms with Gasteiger partial charge < -0.3 is 18.4 Å². The van der Waals surface area contributed by atoms with Crippen LogP contribution in [0.4, 0.5) is 0 Å². The summed E-state index contributed by atoms with van der Waals surface area (Å²) in [6, 6.07) is 84.4. The molecule has 2 aliphatic carbocycles. The zero-order valence-electron chi connectivity index (χ0n) is 43.9. The molecule has 0 amide bonds. The number of aromatic nitrogens is 3. The molecule has 0 radical (unpaired) electrons. The van der Waals surface area contributed by atoms with Crippen LogP contribution in [-0.4, -0.2) is 25.5 Å². The molecular formula is C74H53N5O. The first-order valence-electron chi connectivity index (χ1n) is 27.6. The van der Waals surface area contributed by atoms with Crippen LogP contribution in [0.3, 0.4) is 0 Å². The lowest BCUT2D eigenvalue weighted by molar-refractivity contribution is 0.538. The van der Waals surface area contributed by atoms with Crippen LogP contribution in [0.15, 0.2) is 255 Å². The first-order chi connectivity index (χ1) is 39.5. The van der Waals surface area contributed by atoms with Crippen molar-refractivity contribution in [2.45, 2.75) is 25.2 Å². The second kappa shape index (κ2) is 19.3. The van der Waals surface area contributed by atoms with Crippen LogP contribution in [0.5, 0.6) is 0 Å². The summed E-state index contributed by atoms with van der Waals surface area (Å²) in [5.74, 6) is 0.0149. The van der Waals surface area contributed by atoms with Crippen LogP contribution in [0.2, 0.25) is 0 Å². The Hall–Kier alpha value is -10.3. The van der Waals surface area contributed by atoms with E-state index in [2.05, 4.69) is 238 Å². The van der Waals surface area contributed by atoms with Crippen LogP contribution in [0, 0.1) is 10.8 Å². The van der Waals surface area contributed by atoms with Gasteiger partial charge in [0.25, 0.3) is 0 Å². The van der Waals surface area contributed by atoms with Crippen molar-refractivity contribution >= 4 is 84.0 Å². The number of benzene rings is 10. The van der Waals surface area contributed by atoms with Gasteiger partial charge in [-0.1, -0.05) is 152 Å². The van der Waals surface area contributed by atoms with Gasteiger partial charge in [0, 0.05) is 71.6 Å². The van der Waals surface area contributed by atoms with Crippen molar-refractivity contribution in [1.82, 2.24) is 13.7 Å². The van der Waals surface area contributed by atoms with E-state index in [0.29, 0.717) is 11.1 Å². The minimum absolute atomic E-state index is 0.0504. The molecule has 0 fully saturated rings. The summed E-state index contributed by atoms with van der Waals surface area (Å²) in [6.07, 6.45) is 14.5. The summed E-state index contributed by atoms with van der Waals surface area (Å²) in [4.78, 5) is 0. The van der Waals surface area contributed by atoms with E-state index >= 15 is 0 Å². The van der Waals surface area contributed by atoms with Crippen molar-refractivity contribution in [1.29, 1.82) is 10.8 Å². The van der Waals surface area contributed by atoms with Crippen molar-refractivity contribution in [2.24, 2.45) is 0 Å². The van der Waals surface area contributed by atoms with E-state index in [1.165, 1.54) is 98.5 Å². The largest absolute Gasteiger partial charge is 0.421 e. The predicted molar refractivity (Wildman–Crippen MR) is 332 cm³/mol. The standard InChI is InChI=1S/C74H53N5O/c75-73(51-22-12-4-13-23-51)80-74(76)52-26-33-59(34-27-52)78-67-36-28-53(48-16-6-1-7-17-48)42-61(67)63-45-56(31-39-68(63)78)57-32-40-71-64(46-57)62-43-54(49-18-8-2-9-19-49)30-38-70(62)79(71)60-35-41-72-66(47-60)65-44-55(50-20-10-3-11-21-50)29-37-69(65)77(72)58-24-14-5-15-25-58/h1-6,8-16,18-30,32-47,56,75-76H,7,17,31H2. The first kappa shape index (κ1) is 47.0. The molecule has 15 rings (SSSR count). The van der Waals surface area contributed by atoms with E-state index in [0.717, 1.165) is 41.8 Å². The van der Waals surface area contributed by atoms with Gasteiger partial charge in [-0.25, -0.2) is 0 Å². The highest BCUT2D eigenvalue weighted by atomic mass is 16.5. The van der Waals surface area contributed by atoms with Crippen LogP contribution in [0.1, 0.15) is 47.4 Å². The van der Waals surface area contributed by atoms with E-state index in [-0.39, 0.29) is 17.7 Å². The molecule has 13 aromatic rings. The number of para-hydroxylation sites is 1. The highest BCUT2D eigenvalue weighted by Gasteiger charge is 2.23. The zero-order chi connectivity index (χ0) is 53.3. The lowest BCUT2D eigenvalue weighted by Gasteiger charge is -2.16. The normalized spacial score (nSPS) is 14.1. The highest BCUT2D eigenvalue weighted by Crippen LogP contribution is 2.41. The minimum atomic E-state index is -0.0609. The molecular weight excluding hydrogens is 975 g/mol. The van der Waals surface area contributed by atoms with E-state index in [1.807, 2.05) is 42.5 Å². The third-order valence-electron chi connectivity index (χ3n) is 16.4. The third kappa shape index (κ3) is 8.03. The van der Waals surface area contributed by atoms with Crippen LogP contribution in [0.25, 0.3) is 112 Å². The van der Waals surface area contributed by atoms with Gasteiger partial charge in [-0.2, -0.15) is 0 Å². The Labute approximate surface area is 463 Å². The maximum atomic E-state index is 8.77. The Bertz CT molecular complexity index is 4830. The number of hydrogen-bond donors (Lipinski definition) is 2. The average Bonchev–Trinajstić information content (AvgIpc) is 4.27. The maximum Gasteiger partial charge on any atom is 0.221 e. The fourth-order valence-corrected chi connectivity index (χ4v) is 12.5. The number of hydrogen-bond acceptors (Lipinski definition) is 3. The smallest absolute Gasteiger partial charge is 0.221 e. The number of nitrogens with one attached hydrogen (secondary N) is 2. The fraction of sp³-hybridized carbons (Fsp3) is 0.0541. The van der Waals surface area contributed by atoms with Crippen LogP contribution in [-0.2, 0) is 4.74 Å². The number of nitrogens with zero attached hydrogens (tertiary/aromatic N) is 3. The van der Waals surface area contributed by atoms with Crippen molar-refractivity contribution in [3.8, 4) is 39.3 Å². The number of fused-ring (bicyclic) bond motifs is 9. The van der Waals surface area contributed by atoms with E-state index in [1.54, 1.807) is 0 Å². The Kier molecular flexibility index (Phi) is 11.3. The highest BCUT2D eigenvalue weighted by molar-refractivity contribution is 6.14. The molecule has 1 unspecified atom stereocenters. The molecule has 6 nitrogen and oxygen atoms in total. The molecule has 0 aliphatic heterocycles. The minimum Gasteiger partial charge on any atom is -0.421 e. The number of rotatable bonds is 9. The van der Waals surface area contributed by atoms with Gasteiger partial charge >= 0.3 is 0 Å². The van der Waals surface area contributed by atoms with Crippen LogP contribution >= 0.6 is 0 Å². The molecule has 1 atom stereocenters. The van der Waals surface area contributed by atoms with Crippen molar-refractivity contribution in [3.05, 3.63) is 288 Å². The number of allylic oxidation sites excluding steroid dienone is 4. The second-order valence-corrected chi connectivity index (χ2v) is 21.1. The Morgan fingerprint density at radius 2 is 0.900 bits per heavy atom. The summed E-state index contributed by atoms with van der Waals surface area (Å²) in [6.45, 7) is 0. The van der Waals surface area contributed by atoms with Crippen molar-refractivity contribution < 1.29 is 4.74 Å². The third-order valence-corrected chi connectivity index (χ3v) is 16.4. The van der Waals surface area contributed by atoms with Crippen LogP contribution < -0.4 is 10.6 Å². The SMILES string of the molecule is N=C(OC(=N)c1ccc(-n2c3c(c4cc(C5=CC=CCC5)ccc42)=CC(c2ccc4c(c2)c2cc(-c5ccccc5)ccc2n4-c2ccc4c(c2)c2cc(-c5ccccc5)ccc2n4-c2ccccc2)CC=3)cc1)c1ccccc1. The van der Waals surface area contributed by atoms with Gasteiger partial charge in [-0.05, 0) is 173 Å². The molecule has 380 valence electrons. The van der Waals surface area contributed by atoms with Gasteiger partial charge in [0.05, 0.1) is 27.6 Å². The van der Waals surface area contributed by atoms with Gasteiger partial charge in [0.1, 0.15) is 0 Å². The van der Waals surface area contributed by atoms with Gasteiger partial charge in [-0.3, -0.25) is 10.8 Å². The topological polar surface area (TPSA) is 71.7 Å². The monoisotopic (exact) mass is 1030 g/mol. The molecule has 0 bridgehead atoms. The van der Waals surface area contributed by atoms with Crippen molar-refractivity contribution in [3.63, 3.8) is 0 Å². The quantitative estimate of drug-likeness (QED) is 0.110. The Morgan fingerprint density at radius 1 is 0.412 bits per heavy atom. The molecule has 0 spiro atoms. The molecule has 2 aliphatic rings. The second-order valence-electron chi connectivity index (χ2n) is 21.1. The fourth-order valence-electron chi connectivity index (χ4n) is 12.5. The van der Waals surface area contributed by atoms with Crippen molar-refractivity contribution in [2.75, 3.05) is 0 Å². The van der Waals surface area contributed by atoms with E-state index < -0.39 is 0 Å². The predicted octanol–water partition coefficient (Wildman–Crippen LogP) is 17.0. The van der Waals surface area contributed by atoms with Gasteiger partial charge in [-0.15, -0.1) is 0 Å². The molecule has 2 N–H and O–H groups in total. The molecule has 0 saturated carbocycles. The van der Waals surface area contributed by atoms with E-state index in [9.17, 15) is 0 Å². The molecule has 10 aromatic carbocycles. The Balaban J connectivity index is 0.874. The van der Waals surface area contributed by atoms with E-state index in [4.69, 9.17) is 15.6 Å². The first-order valence-corrected chi connectivity index (χ1v) is 27.6. The zero-order valence-corrected chi connectivity index (χ0v) is 43.9. The molecule has 3 aromatic heterocycles. The maximum absolute atomic E-state index is 8.77. The van der Waals surface area contributed by atoms with Gasteiger partial charge in [0.2, 0.25) is 11.8 Å². The summed E-state index contributed by atoms with van der Waals surface area (Å²) in [5.41, 5.74) is 19.0. The summed E-state index contributed by atoms with van der Waals surface area (Å²) in [5, 5.41) is 25.8. The molecule has 0 saturated heterocycles. The Morgan fingerprint density at radius 3 is 1.52 bits per heavy atom. The molecule has 80 heavy (non-hydrogen) atoms. The number of ether oxygens (including phenoxy) is 1. The summed E-state index contributed by atoms with van der Waals surface area (Å²) >= 11 is 0. The summed E-state index contributed by atoms with van der Waals surface area (Å²) < 4.78 is 13.0. The average molecular weight is 1030 g/mol. The lowest BCUT2D eigenvalue weighted by Crippen LogP contribution is -2.31. The lowest BCUT2D eigenvalue weighted by atomic mass is 9.90. The molecule has 6 heteroatoms. The summed E-state index contributed by atoms with van der Waals surface area (Å²) in [7, 11) is 0.